The fraction of sp³-hybridized carbons (Fsp3) is 0.444. The zero-order valence-electron chi connectivity index (χ0n) is 6.92. The van der Waals surface area contributed by atoms with E-state index < -0.39 is 0 Å². The number of rotatable bonds is 2. The molecular weight excluding hydrogens is 267 g/mol. The number of ether oxygens (including phenoxy) is 1. The van der Waals surface area contributed by atoms with Crippen LogP contribution in [0.5, 0.6) is 0 Å². The van der Waals surface area contributed by atoms with E-state index in [4.69, 9.17) is 4.74 Å². The quantitative estimate of drug-likeness (QED) is 0.573. The number of hydrogen-bond donors (Lipinski definition) is 0. The highest BCUT2D eigenvalue weighted by Crippen LogP contribution is 2.24. The van der Waals surface area contributed by atoms with E-state index in [1.807, 2.05) is 25.2 Å². The maximum atomic E-state index is 11.2. The second-order valence-electron chi connectivity index (χ2n) is 2.56. The van der Waals surface area contributed by atoms with Gasteiger partial charge in [-0.25, -0.2) is 0 Å². The first-order valence-corrected chi connectivity index (χ1v) is 5.01. The molecular formula is C9H11IO2. The molecule has 1 rings (SSSR count). The van der Waals surface area contributed by atoms with E-state index >= 15 is 0 Å². The first-order valence-electron chi connectivity index (χ1n) is 3.93. The van der Waals surface area contributed by atoms with Gasteiger partial charge in [-0.1, -0.05) is 18.2 Å². The predicted molar refractivity (Wildman–Crippen MR) is 56.0 cm³/mol. The van der Waals surface area contributed by atoms with Gasteiger partial charge in [-0.05, 0) is 39.5 Å². The van der Waals surface area contributed by atoms with Crippen LogP contribution in [0.2, 0.25) is 0 Å². The molecule has 0 aliphatic heterocycles. The highest BCUT2D eigenvalue weighted by atomic mass is 127. The maximum Gasteiger partial charge on any atom is 0.313 e. The summed E-state index contributed by atoms with van der Waals surface area (Å²) in [7, 11) is 0. The second kappa shape index (κ2) is 4.64. The average Bonchev–Trinajstić information content (AvgIpc) is 2.05. The van der Waals surface area contributed by atoms with Gasteiger partial charge in [-0.2, -0.15) is 0 Å². The average molecular weight is 278 g/mol. The molecule has 66 valence electrons. The summed E-state index contributed by atoms with van der Waals surface area (Å²) in [6.07, 6.45) is 6.60. The topological polar surface area (TPSA) is 26.3 Å². The Kier molecular flexibility index (Phi) is 3.78. The molecule has 1 aliphatic carbocycles. The van der Waals surface area contributed by atoms with E-state index in [2.05, 4.69) is 22.6 Å². The van der Waals surface area contributed by atoms with Gasteiger partial charge in [-0.3, -0.25) is 4.79 Å². The molecule has 1 aliphatic rings. The number of allylic oxidation sites excluding steroid dienone is 3. The molecule has 2 nitrogen and oxygen atoms in total. The third-order valence-electron chi connectivity index (χ3n) is 1.62. The second-order valence-corrected chi connectivity index (χ2v) is 3.95. The molecule has 0 aromatic rings. The van der Waals surface area contributed by atoms with Crippen LogP contribution in [-0.4, -0.2) is 12.6 Å². The molecule has 0 bridgehead atoms. The molecule has 0 amide bonds. The minimum Gasteiger partial charge on any atom is -0.466 e. The summed E-state index contributed by atoms with van der Waals surface area (Å²) < 4.78 is 6.11. The van der Waals surface area contributed by atoms with Crippen LogP contribution >= 0.6 is 22.6 Å². The number of carbonyl (C=O) groups is 1. The molecule has 0 heterocycles. The number of carbonyl (C=O) groups excluding carboxylic acids is 1. The molecule has 0 spiro atoms. The van der Waals surface area contributed by atoms with Gasteiger partial charge < -0.3 is 4.74 Å². The van der Waals surface area contributed by atoms with Crippen molar-refractivity contribution in [1.29, 1.82) is 0 Å². The number of esters is 1. The highest BCUT2D eigenvalue weighted by molar-refractivity contribution is 14.1. The Hall–Kier alpha value is -0.320. The Bertz CT molecular complexity index is 231. The fourth-order valence-electron chi connectivity index (χ4n) is 1.05. The Morgan fingerprint density at radius 1 is 1.83 bits per heavy atom. The van der Waals surface area contributed by atoms with Gasteiger partial charge in [0.15, 0.2) is 0 Å². The van der Waals surface area contributed by atoms with Gasteiger partial charge >= 0.3 is 5.97 Å². The van der Waals surface area contributed by atoms with Crippen LogP contribution in [0.1, 0.15) is 13.3 Å². The molecule has 0 aromatic heterocycles. The van der Waals surface area contributed by atoms with Crippen molar-refractivity contribution in [3.05, 3.63) is 21.8 Å². The van der Waals surface area contributed by atoms with Gasteiger partial charge in [0, 0.05) is 0 Å². The van der Waals surface area contributed by atoms with E-state index in [1.54, 1.807) is 0 Å². The van der Waals surface area contributed by atoms with Crippen molar-refractivity contribution in [2.75, 3.05) is 6.61 Å². The highest BCUT2D eigenvalue weighted by Gasteiger charge is 2.18. The van der Waals surface area contributed by atoms with Crippen molar-refractivity contribution in [2.45, 2.75) is 13.3 Å². The van der Waals surface area contributed by atoms with Crippen molar-refractivity contribution in [2.24, 2.45) is 5.92 Å². The first kappa shape index (κ1) is 9.77. The molecule has 0 N–H and O–H groups in total. The van der Waals surface area contributed by atoms with E-state index in [9.17, 15) is 4.79 Å². The van der Waals surface area contributed by atoms with E-state index in [1.165, 1.54) is 3.58 Å². The summed E-state index contributed by atoms with van der Waals surface area (Å²) in [4.78, 5) is 11.2. The zero-order chi connectivity index (χ0) is 8.97. The predicted octanol–water partition coefficient (Wildman–Crippen LogP) is 2.44. The van der Waals surface area contributed by atoms with Crippen LogP contribution in [0.4, 0.5) is 0 Å². The lowest BCUT2D eigenvalue weighted by molar-refractivity contribution is -0.146. The SMILES string of the molecule is CCOC(=O)C1C=CC=C(I)C1. The molecule has 0 aromatic carbocycles. The first-order chi connectivity index (χ1) is 5.74. The van der Waals surface area contributed by atoms with Crippen LogP contribution in [0.25, 0.3) is 0 Å². The third kappa shape index (κ3) is 2.62. The monoisotopic (exact) mass is 278 g/mol. The van der Waals surface area contributed by atoms with E-state index in [0.29, 0.717) is 6.61 Å². The number of halogens is 1. The van der Waals surface area contributed by atoms with Gasteiger partial charge in [0.2, 0.25) is 0 Å². The lowest BCUT2D eigenvalue weighted by Crippen LogP contribution is -2.16. The third-order valence-corrected chi connectivity index (χ3v) is 2.42. The normalized spacial score (nSPS) is 21.8. The van der Waals surface area contributed by atoms with Crippen molar-refractivity contribution < 1.29 is 9.53 Å². The summed E-state index contributed by atoms with van der Waals surface area (Å²) in [5.41, 5.74) is 0. The molecule has 0 radical (unpaired) electrons. The van der Waals surface area contributed by atoms with Crippen LogP contribution < -0.4 is 0 Å². The van der Waals surface area contributed by atoms with Gasteiger partial charge in [0.1, 0.15) is 0 Å². The van der Waals surface area contributed by atoms with Crippen LogP contribution in [0, 0.1) is 5.92 Å². The lowest BCUT2D eigenvalue weighted by Gasteiger charge is -2.13. The Balaban J connectivity index is 2.50. The summed E-state index contributed by atoms with van der Waals surface area (Å²) in [6.45, 7) is 2.29. The molecule has 0 saturated heterocycles. The summed E-state index contributed by atoms with van der Waals surface area (Å²) in [5.74, 6) is -0.183. The fourth-order valence-corrected chi connectivity index (χ4v) is 1.73. The maximum absolute atomic E-state index is 11.2. The zero-order valence-corrected chi connectivity index (χ0v) is 9.08. The van der Waals surface area contributed by atoms with Gasteiger partial charge in [0.25, 0.3) is 0 Å². The minimum atomic E-state index is -0.115. The lowest BCUT2D eigenvalue weighted by atomic mass is 10.0. The summed E-state index contributed by atoms with van der Waals surface area (Å²) in [5, 5.41) is 0. The number of hydrogen-bond acceptors (Lipinski definition) is 2. The Labute approximate surface area is 85.8 Å². The summed E-state index contributed by atoms with van der Waals surface area (Å²) in [6, 6.07) is 0. The standard InChI is InChI=1S/C9H11IO2/c1-2-12-9(11)7-4-3-5-8(10)6-7/h3-5,7H,2,6H2,1H3. The van der Waals surface area contributed by atoms with E-state index in [0.717, 1.165) is 6.42 Å². The molecule has 1 unspecified atom stereocenters. The van der Waals surface area contributed by atoms with Crippen LogP contribution in [0.3, 0.4) is 0 Å². The van der Waals surface area contributed by atoms with E-state index in [-0.39, 0.29) is 11.9 Å². The Morgan fingerprint density at radius 3 is 3.17 bits per heavy atom. The van der Waals surface area contributed by atoms with Crippen molar-refractivity contribution in [3.8, 4) is 0 Å². The molecule has 0 fully saturated rings. The van der Waals surface area contributed by atoms with Crippen molar-refractivity contribution >= 4 is 28.6 Å². The Morgan fingerprint density at radius 2 is 2.58 bits per heavy atom. The smallest absolute Gasteiger partial charge is 0.313 e. The van der Waals surface area contributed by atoms with Crippen LogP contribution in [-0.2, 0) is 9.53 Å². The minimum absolute atomic E-state index is 0.0677. The van der Waals surface area contributed by atoms with Crippen molar-refractivity contribution in [1.82, 2.24) is 0 Å². The molecule has 1 atom stereocenters. The van der Waals surface area contributed by atoms with Crippen molar-refractivity contribution in [3.63, 3.8) is 0 Å². The molecule has 12 heavy (non-hydrogen) atoms. The van der Waals surface area contributed by atoms with Gasteiger partial charge in [0.05, 0.1) is 12.5 Å². The molecule has 3 heteroatoms. The molecule has 0 saturated carbocycles. The largest absolute Gasteiger partial charge is 0.466 e. The van der Waals surface area contributed by atoms with Crippen LogP contribution in [0.15, 0.2) is 21.8 Å². The summed E-state index contributed by atoms with van der Waals surface area (Å²) >= 11 is 2.24. The van der Waals surface area contributed by atoms with Gasteiger partial charge in [-0.15, -0.1) is 0 Å².